The van der Waals surface area contributed by atoms with E-state index in [4.69, 9.17) is 17.0 Å². The smallest absolute Gasteiger partial charge is 0.253 e. The Labute approximate surface area is 160 Å². The third-order valence-corrected chi connectivity index (χ3v) is 4.30. The van der Waals surface area contributed by atoms with Gasteiger partial charge in [-0.15, -0.1) is 0 Å². The van der Waals surface area contributed by atoms with E-state index in [1.165, 1.54) is 0 Å². The maximum absolute atomic E-state index is 12.3. The largest absolute Gasteiger partial charge is 0.497 e. The number of carbonyl (C=O) groups excluding carboxylic acids is 1. The highest BCUT2D eigenvalue weighted by atomic mass is 32.1. The molecular weight excluding hydrogens is 346 g/mol. The van der Waals surface area contributed by atoms with Crippen molar-refractivity contribution >= 4 is 28.9 Å². The fraction of sp³-hybridized carbons (Fsp3) is 0.300. The second-order valence-corrected chi connectivity index (χ2v) is 6.12. The minimum absolute atomic E-state index is 0.0433. The molecule has 6 heteroatoms. The molecule has 5 nitrogen and oxygen atoms in total. The topological polar surface area (TPSA) is 53.6 Å². The van der Waals surface area contributed by atoms with E-state index in [0.717, 1.165) is 17.0 Å². The van der Waals surface area contributed by atoms with Crippen LogP contribution in [0.25, 0.3) is 0 Å². The van der Waals surface area contributed by atoms with E-state index in [1.807, 2.05) is 62.4 Å². The molecule has 0 aromatic heterocycles. The Balaban J connectivity index is 1.87. The predicted octanol–water partition coefficient (Wildman–Crippen LogP) is 3.66. The van der Waals surface area contributed by atoms with Crippen LogP contribution in [0, 0.1) is 0 Å². The van der Waals surface area contributed by atoms with Crippen LogP contribution in [0.2, 0.25) is 0 Å². The first kappa shape index (κ1) is 19.7. The van der Waals surface area contributed by atoms with Crippen LogP contribution in [0.15, 0.2) is 48.5 Å². The number of carbonyl (C=O) groups is 1. The Hall–Kier alpha value is -2.60. The molecule has 2 N–H and O–H groups in total. The summed E-state index contributed by atoms with van der Waals surface area (Å²) in [5.41, 5.74) is 2.62. The molecule has 0 radical (unpaired) electrons. The van der Waals surface area contributed by atoms with Crippen LogP contribution < -0.4 is 15.4 Å². The summed E-state index contributed by atoms with van der Waals surface area (Å²) in [4.78, 5) is 14.1. The summed E-state index contributed by atoms with van der Waals surface area (Å²) in [6, 6.07) is 15.2. The van der Waals surface area contributed by atoms with E-state index in [1.54, 1.807) is 12.0 Å². The van der Waals surface area contributed by atoms with E-state index in [-0.39, 0.29) is 5.91 Å². The van der Waals surface area contributed by atoms with Gasteiger partial charge in [-0.3, -0.25) is 4.79 Å². The van der Waals surface area contributed by atoms with Gasteiger partial charge in [-0.1, -0.05) is 12.1 Å². The van der Waals surface area contributed by atoms with E-state index < -0.39 is 0 Å². The van der Waals surface area contributed by atoms with Crippen LogP contribution in [0.3, 0.4) is 0 Å². The SMILES string of the molecule is CCN(CC)C(=O)c1ccc(NC(=S)NCc2ccc(OC)cc2)cc1. The van der Waals surface area contributed by atoms with Gasteiger partial charge in [-0.2, -0.15) is 0 Å². The Kier molecular flexibility index (Phi) is 7.41. The summed E-state index contributed by atoms with van der Waals surface area (Å²) in [7, 11) is 1.65. The van der Waals surface area contributed by atoms with Gasteiger partial charge in [-0.25, -0.2) is 0 Å². The minimum atomic E-state index is 0.0433. The molecule has 0 unspecified atom stereocenters. The number of hydrogen-bond acceptors (Lipinski definition) is 3. The highest BCUT2D eigenvalue weighted by molar-refractivity contribution is 7.80. The monoisotopic (exact) mass is 371 g/mol. The number of benzene rings is 2. The summed E-state index contributed by atoms with van der Waals surface area (Å²) in [5.74, 6) is 0.871. The Morgan fingerprint density at radius 3 is 2.19 bits per heavy atom. The maximum atomic E-state index is 12.3. The number of anilines is 1. The molecule has 0 spiro atoms. The lowest BCUT2D eigenvalue weighted by Crippen LogP contribution is -2.30. The van der Waals surface area contributed by atoms with Crippen molar-refractivity contribution < 1.29 is 9.53 Å². The van der Waals surface area contributed by atoms with E-state index in [2.05, 4.69) is 10.6 Å². The molecule has 0 saturated heterocycles. The van der Waals surface area contributed by atoms with Crippen molar-refractivity contribution in [1.82, 2.24) is 10.2 Å². The van der Waals surface area contributed by atoms with Gasteiger partial charge in [0.25, 0.3) is 5.91 Å². The lowest BCUT2D eigenvalue weighted by Gasteiger charge is -2.18. The van der Waals surface area contributed by atoms with Crippen molar-refractivity contribution in [2.75, 3.05) is 25.5 Å². The quantitative estimate of drug-likeness (QED) is 0.728. The van der Waals surface area contributed by atoms with Crippen LogP contribution >= 0.6 is 12.2 Å². The van der Waals surface area contributed by atoms with E-state index in [0.29, 0.717) is 30.3 Å². The normalized spacial score (nSPS) is 10.1. The third-order valence-electron chi connectivity index (χ3n) is 4.05. The minimum Gasteiger partial charge on any atom is -0.497 e. The van der Waals surface area contributed by atoms with Gasteiger partial charge in [0.2, 0.25) is 0 Å². The fourth-order valence-electron chi connectivity index (χ4n) is 2.49. The fourth-order valence-corrected chi connectivity index (χ4v) is 2.68. The highest BCUT2D eigenvalue weighted by Crippen LogP contribution is 2.13. The molecule has 138 valence electrons. The summed E-state index contributed by atoms with van der Waals surface area (Å²) in [6.45, 7) is 5.98. The predicted molar refractivity (Wildman–Crippen MR) is 110 cm³/mol. The van der Waals surface area contributed by atoms with Gasteiger partial charge in [-0.05, 0) is 68.0 Å². The number of rotatable bonds is 7. The van der Waals surface area contributed by atoms with Crippen LogP contribution in [0.1, 0.15) is 29.8 Å². The molecule has 1 amide bonds. The van der Waals surface area contributed by atoms with Gasteiger partial charge >= 0.3 is 0 Å². The molecule has 26 heavy (non-hydrogen) atoms. The van der Waals surface area contributed by atoms with E-state index >= 15 is 0 Å². The van der Waals surface area contributed by atoms with Gasteiger partial charge < -0.3 is 20.3 Å². The lowest BCUT2D eigenvalue weighted by molar-refractivity contribution is 0.0773. The summed E-state index contributed by atoms with van der Waals surface area (Å²) in [6.07, 6.45) is 0. The van der Waals surface area contributed by atoms with Gasteiger partial charge in [0, 0.05) is 30.9 Å². The second kappa shape index (κ2) is 9.77. The van der Waals surface area contributed by atoms with E-state index in [9.17, 15) is 4.79 Å². The third kappa shape index (κ3) is 5.46. The molecule has 2 aromatic carbocycles. The Bertz CT molecular complexity index is 726. The van der Waals surface area contributed by atoms with Crippen molar-refractivity contribution in [3.05, 3.63) is 59.7 Å². The highest BCUT2D eigenvalue weighted by Gasteiger charge is 2.11. The molecule has 2 rings (SSSR count). The molecule has 0 aliphatic heterocycles. The van der Waals surface area contributed by atoms with Crippen molar-refractivity contribution in [3.8, 4) is 5.75 Å². The zero-order valence-electron chi connectivity index (χ0n) is 15.4. The molecule has 0 saturated carbocycles. The first-order chi connectivity index (χ1) is 12.6. The first-order valence-corrected chi connectivity index (χ1v) is 9.05. The molecule has 0 atom stereocenters. The first-order valence-electron chi connectivity index (χ1n) is 8.64. The zero-order chi connectivity index (χ0) is 18.9. The zero-order valence-corrected chi connectivity index (χ0v) is 16.2. The standard InChI is InChI=1S/C20H25N3O2S/c1-4-23(5-2)19(24)16-8-10-17(11-9-16)22-20(26)21-14-15-6-12-18(25-3)13-7-15/h6-13H,4-5,14H2,1-3H3,(H2,21,22,26). The summed E-state index contributed by atoms with van der Waals surface area (Å²) in [5, 5.41) is 6.82. The number of nitrogens with one attached hydrogen (secondary N) is 2. The summed E-state index contributed by atoms with van der Waals surface area (Å²) >= 11 is 5.33. The molecule has 0 bridgehead atoms. The molecule has 2 aromatic rings. The van der Waals surface area contributed by atoms with Gasteiger partial charge in [0.15, 0.2) is 5.11 Å². The molecular formula is C20H25N3O2S. The number of ether oxygens (including phenoxy) is 1. The van der Waals surface area contributed by atoms with Crippen LogP contribution in [-0.4, -0.2) is 36.1 Å². The molecule has 0 heterocycles. The van der Waals surface area contributed by atoms with Gasteiger partial charge in [0.1, 0.15) is 5.75 Å². The van der Waals surface area contributed by atoms with Crippen LogP contribution in [0.4, 0.5) is 5.69 Å². The number of thiocarbonyl (C=S) groups is 1. The average molecular weight is 372 g/mol. The van der Waals surface area contributed by atoms with Crippen LogP contribution in [0.5, 0.6) is 5.75 Å². The Morgan fingerprint density at radius 1 is 1.04 bits per heavy atom. The molecule has 0 aliphatic carbocycles. The number of nitrogens with zero attached hydrogens (tertiary/aromatic N) is 1. The second-order valence-electron chi connectivity index (χ2n) is 5.71. The molecule has 0 aliphatic rings. The van der Waals surface area contributed by atoms with Crippen molar-refractivity contribution in [2.24, 2.45) is 0 Å². The average Bonchev–Trinajstić information content (AvgIpc) is 2.68. The van der Waals surface area contributed by atoms with Crippen molar-refractivity contribution in [1.29, 1.82) is 0 Å². The van der Waals surface area contributed by atoms with Crippen LogP contribution in [-0.2, 0) is 6.54 Å². The molecule has 0 fully saturated rings. The number of methoxy groups -OCH3 is 1. The van der Waals surface area contributed by atoms with Gasteiger partial charge in [0.05, 0.1) is 7.11 Å². The maximum Gasteiger partial charge on any atom is 0.253 e. The van der Waals surface area contributed by atoms with Crippen molar-refractivity contribution in [2.45, 2.75) is 20.4 Å². The number of hydrogen-bond donors (Lipinski definition) is 2. The van der Waals surface area contributed by atoms with Crippen molar-refractivity contribution in [3.63, 3.8) is 0 Å². The number of amides is 1. The lowest BCUT2D eigenvalue weighted by atomic mass is 10.2. The Morgan fingerprint density at radius 2 is 1.65 bits per heavy atom. The summed E-state index contributed by atoms with van der Waals surface area (Å²) < 4.78 is 5.14.